The fraction of sp³-hybridized carbons (Fsp3) is 0.611. The maximum atomic E-state index is 12.7. The molecule has 1 rings (SSSR count). The molecule has 27 heavy (non-hydrogen) atoms. The molecule has 0 spiro atoms. The quantitative estimate of drug-likeness (QED) is 0.297. The van der Waals surface area contributed by atoms with Gasteiger partial charge in [0.2, 0.25) is 10.0 Å². The van der Waals surface area contributed by atoms with Crippen LogP contribution < -0.4 is 15.4 Å². The molecule has 0 atom stereocenters. The van der Waals surface area contributed by atoms with Crippen molar-refractivity contribution in [3.05, 3.63) is 29.8 Å². The summed E-state index contributed by atoms with van der Waals surface area (Å²) in [5.41, 5.74) is -0.226. The van der Waals surface area contributed by atoms with E-state index in [9.17, 15) is 8.42 Å². The lowest BCUT2D eigenvalue weighted by molar-refractivity contribution is 0.0268. The lowest BCUT2D eigenvalue weighted by Gasteiger charge is -2.25. The summed E-state index contributed by atoms with van der Waals surface area (Å²) in [7, 11) is -0.293. The Kier molecular flexibility index (Phi) is 10.2. The fourth-order valence-electron chi connectivity index (χ4n) is 2.14. The zero-order valence-electron chi connectivity index (χ0n) is 17.2. The number of methoxy groups -OCH3 is 1. The average Bonchev–Trinajstić information content (AvgIpc) is 2.53. The Morgan fingerprint density at radius 2 is 1.70 bits per heavy atom. The van der Waals surface area contributed by atoms with Gasteiger partial charge in [0.15, 0.2) is 5.96 Å². The number of sulfonamides is 1. The number of nitrogens with one attached hydrogen (secondary N) is 3. The van der Waals surface area contributed by atoms with Crippen LogP contribution in [0.15, 0.2) is 34.2 Å². The summed E-state index contributed by atoms with van der Waals surface area (Å²) < 4.78 is 33.4. The van der Waals surface area contributed by atoms with Crippen molar-refractivity contribution in [2.75, 3.05) is 20.7 Å². The monoisotopic (exact) mass is 512 g/mol. The second kappa shape index (κ2) is 10.6. The molecule has 3 N–H and O–H groups in total. The van der Waals surface area contributed by atoms with Crippen LogP contribution in [0.1, 0.15) is 40.2 Å². The van der Waals surface area contributed by atoms with Crippen LogP contribution in [0.5, 0.6) is 0 Å². The number of hydrogen-bond acceptors (Lipinski definition) is 4. The highest BCUT2D eigenvalue weighted by Gasteiger charge is 2.24. The van der Waals surface area contributed by atoms with E-state index in [4.69, 9.17) is 4.74 Å². The van der Waals surface area contributed by atoms with Gasteiger partial charge in [-0.05, 0) is 46.2 Å². The van der Waals surface area contributed by atoms with Crippen molar-refractivity contribution in [2.24, 2.45) is 4.99 Å². The summed E-state index contributed by atoms with van der Waals surface area (Å²) >= 11 is 0. The van der Waals surface area contributed by atoms with Gasteiger partial charge in [-0.25, -0.2) is 13.1 Å². The van der Waals surface area contributed by atoms with Crippen molar-refractivity contribution < 1.29 is 13.2 Å². The Hall–Kier alpha value is -0.910. The standard InChI is InChI=1S/C18H32N4O3S.HI/c1-17(2,3)22-26(23,24)15-11-9-8-10-14(15)12-20-16(19-6)21-13-18(4,5)25-7;/h8-11,22H,12-13H2,1-7H3,(H2,19,20,21);1H. The molecule has 0 unspecified atom stereocenters. The van der Waals surface area contributed by atoms with Gasteiger partial charge in [0.05, 0.1) is 10.5 Å². The maximum absolute atomic E-state index is 12.7. The van der Waals surface area contributed by atoms with Crippen molar-refractivity contribution in [1.29, 1.82) is 0 Å². The van der Waals surface area contributed by atoms with Gasteiger partial charge in [-0.1, -0.05) is 18.2 Å². The molecule has 0 bridgehead atoms. The molecule has 0 aliphatic rings. The van der Waals surface area contributed by atoms with E-state index in [0.29, 0.717) is 24.6 Å². The Morgan fingerprint density at radius 1 is 1.11 bits per heavy atom. The van der Waals surface area contributed by atoms with Crippen molar-refractivity contribution in [3.8, 4) is 0 Å². The van der Waals surface area contributed by atoms with Crippen LogP contribution in [-0.4, -0.2) is 46.2 Å². The van der Waals surface area contributed by atoms with E-state index in [1.54, 1.807) is 32.4 Å². The van der Waals surface area contributed by atoms with Gasteiger partial charge >= 0.3 is 0 Å². The largest absolute Gasteiger partial charge is 0.377 e. The Morgan fingerprint density at radius 3 is 2.22 bits per heavy atom. The summed E-state index contributed by atoms with van der Waals surface area (Å²) in [5, 5.41) is 6.32. The zero-order chi connectivity index (χ0) is 20.0. The normalized spacial score (nSPS) is 13.1. The van der Waals surface area contributed by atoms with E-state index in [1.165, 1.54) is 0 Å². The van der Waals surface area contributed by atoms with E-state index < -0.39 is 15.6 Å². The second-order valence-electron chi connectivity index (χ2n) is 7.71. The van der Waals surface area contributed by atoms with Gasteiger partial charge in [0, 0.05) is 32.8 Å². The molecular formula is C18H33IN4O3S. The molecule has 0 saturated heterocycles. The first kappa shape index (κ1) is 26.1. The zero-order valence-corrected chi connectivity index (χ0v) is 20.4. The molecule has 1 aromatic carbocycles. The molecule has 0 aliphatic heterocycles. The lowest BCUT2D eigenvalue weighted by Crippen LogP contribution is -2.45. The summed E-state index contributed by atoms with van der Waals surface area (Å²) in [6.45, 7) is 10.3. The van der Waals surface area contributed by atoms with Crippen LogP contribution in [0.3, 0.4) is 0 Å². The molecule has 0 radical (unpaired) electrons. The van der Waals surface area contributed by atoms with Crippen molar-refractivity contribution in [1.82, 2.24) is 15.4 Å². The number of benzene rings is 1. The molecular weight excluding hydrogens is 479 g/mol. The van der Waals surface area contributed by atoms with Gasteiger partial charge in [-0.2, -0.15) is 0 Å². The predicted octanol–water partition coefficient (Wildman–Crippen LogP) is 2.47. The first-order valence-electron chi connectivity index (χ1n) is 8.52. The summed E-state index contributed by atoms with van der Waals surface area (Å²) in [6.07, 6.45) is 0. The third-order valence-electron chi connectivity index (χ3n) is 3.61. The van der Waals surface area contributed by atoms with Crippen LogP contribution >= 0.6 is 24.0 Å². The maximum Gasteiger partial charge on any atom is 0.241 e. The van der Waals surface area contributed by atoms with Crippen LogP contribution in [0.2, 0.25) is 0 Å². The molecule has 0 fully saturated rings. The minimum Gasteiger partial charge on any atom is -0.377 e. The summed E-state index contributed by atoms with van der Waals surface area (Å²) in [6, 6.07) is 6.93. The molecule has 7 nitrogen and oxygen atoms in total. The van der Waals surface area contributed by atoms with Gasteiger partial charge in [-0.15, -0.1) is 24.0 Å². The molecule has 156 valence electrons. The molecule has 9 heteroatoms. The van der Waals surface area contributed by atoms with Crippen molar-refractivity contribution in [2.45, 2.75) is 57.2 Å². The number of halogens is 1. The first-order chi connectivity index (χ1) is 11.9. The molecule has 0 heterocycles. The Bertz CT molecular complexity index is 728. The van der Waals surface area contributed by atoms with Gasteiger partial charge in [0.1, 0.15) is 0 Å². The summed E-state index contributed by atoms with van der Waals surface area (Å²) in [5.74, 6) is 0.575. The topological polar surface area (TPSA) is 91.8 Å². The average molecular weight is 512 g/mol. The second-order valence-corrected chi connectivity index (χ2v) is 9.36. The number of nitrogens with zero attached hydrogens (tertiary/aromatic N) is 1. The smallest absolute Gasteiger partial charge is 0.241 e. The molecule has 0 aromatic heterocycles. The van der Waals surface area contributed by atoms with Crippen LogP contribution in [0.25, 0.3) is 0 Å². The number of hydrogen-bond donors (Lipinski definition) is 3. The highest BCUT2D eigenvalue weighted by atomic mass is 127. The van der Waals surface area contributed by atoms with E-state index >= 15 is 0 Å². The number of rotatable bonds is 7. The Balaban J connectivity index is 0.00000676. The van der Waals surface area contributed by atoms with Gasteiger partial charge in [-0.3, -0.25) is 4.99 Å². The van der Waals surface area contributed by atoms with E-state index in [2.05, 4.69) is 20.3 Å². The highest BCUT2D eigenvalue weighted by Crippen LogP contribution is 2.17. The van der Waals surface area contributed by atoms with E-state index in [-0.39, 0.29) is 34.5 Å². The summed E-state index contributed by atoms with van der Waals surface area (Å²) in [4.78, 5) is 4.42. The van der Waals surface area contributed by atoms with Crippen molar-refractivity contribution >= 4 is 40.0 Å². The SMILES string of the molecule is CN=C(NCc1ccccc1S(=O)(=O)NC(C)(C)C)NCC(C)(C)OC.I. The lowest BCUT2D eigenvalue weighted by atomic mass is 10.1. The molecule has 0 amide bonds. The first-order valence-corrected chi connectivity index (χ1v) is 10.00. The van der Waals surface area contributed by atoms with E-state index in [0.717, 1.165) is 0 Å². The fourth-order valence-corrected chi connectivity index (χ4v) is 3.80. The van der Waals surface area contributed by atoms with Crippen LogP contribution in [0, 0.1) is 0 Å². The van der Waals surface area contributed by atoms with Gasteiger partial charge < -0.3 is 15.4 Å². The van der Waals surface area contributed by atoms with E-state index in [1.807, 2.05) is 40.7 Å². The van der Waals surface area contributed by atoms with Gasteiger partial charge in [0.25, 0.3) is 0 Å². The van der Waals surface area contributed by atoms with Crippen molar-refractivity contribution in [3.63, 3.8) is 0 Å². The Labute approximate surface area is 180 Å². The number of guanidine groups is 1. The third kappa shape index (κ3) is 9.22. The number of ether oxygens (including phenoxy) is 1. The minimum atomic E-state index is -3.61. The van der Waals surface area contributed by atoms with Crippen LogP contribution in [-0.2, 0) is 21.3 Å². The predicted molar refractivity (Wildman–Crippen MR) is 121 cm³/mol. The highest BCUT2D eigenvalue weighted by molar-refractivity contribution is 14.0. The molecule has 0 saturated carbocycles. The minimum absolute atomic E-state index is 0. The number of aliphatic imine (C=N–C) groups is 1. The third-order valence-corrected chi connectivity index (χ3v) is 5.47. The molecule has 1 aromatic rings. The van der Waals surface area contributed by atoms with Crippen LogP contribution in [0.4, 0.5) is 0 Å². The molecule has 0 aliphatic carbocycles.